The Morgan fingerprint density at radius 3 is 2.62 bits per heavy atom. The summed E-state index contributed by atoms with van der Waals surface area (Å²) in [6.07, 6.45) is 3.12. The highest BCUT2D eigenvalue weighted by Crippen LogP contribution is 2.28. The van der Waals surface area contributed by atoms with Crippen molar-refractivity contribution in [2.45, 2.75) is 13.0 Å². The van der Waals surface area contributed by atoms with E-state index in [1.165, 1.54) is 0 Å². The first-order valence-corrected chi connectivity index (χ1v) is 7.51. The van der Waals surface area contributed by atoms with E-state index in [0.29, 0.717) is 11.3 Å². The van der Waals surface area contributed by atoms with Crippen LogP contribution in [-0.2, 0) is 0 Å². The van der Waals surface area contributed by atoms with Gasteiger partial charge in [-0.15, -0.1) is 0 Å². The normalized spacial score (nSPS) is 12.1. The molecule has 0 radical (unpaired) electrons. The summed E-state index contributed by atoms with van der Waals surface area (Å²) >= 11 is 0. The molecule has 3 rings (SSSR count). The average Bonchev–Trinajstić information content (AvgIpc) is 2.61. The van der Waals surface area contributed by atoms with Crippen molar-refractivity contribution in [3.05, 3.63) is 54.5 Å². The number of carbonyl (C=O) groups excluding carboxylic acids is 1. The van der Waals surface area contributed by atoms with Crippen LogP contribution in [0.25, 0.3) is 22.0 Å². The van der Waals surface area contributed by atoms with Crippen LogP contribution >= 0.6 is 0 Å². The zero-order valence-corrected chi connectivity index (χ0v) is 13.1. The van der Waals surface area contributed by atoms with Crippen LogP contribution in [0.2, 0.25) is 0 Å². The van der Waals surface area contributed by atoms with Crippen molar-refractivity contribution in [1.82, 2.24) is 9.97 Å². The standard InChI is InChI=1S/C18H17N3O3/c1-11(10-22)24-14-5-2-12(3-6-14)15-9-20-8-13-4-7-16(18(19)23)21-17(13)15/h2-9,11,22H,10H2,1H3,(H2,19,23). The van der Waals surface area contributed by atoms with Crippen molar-refractivity contribution in [3.8, 4) is 16.9 Å². The molecule has 0 bridgehead atoms. The summed E-state index contributed by atoms with van der Waals surface area (Å²) in [5.41, 5.74) is 7.90. The first-order chi connectivity index (χ1) is 11.6. The maximum absolute atomic E-state index is 11.4. The van der Waals surface area contributed by atoms with Crippen LogP contribution in [0.15, 0.2) is 48.8 Å². The number of amides is 1. The smallest absolute Gasteiger partial charge is 0.267 e. The number of benzene rings is 1. The van der Waals surface area contributed by atoms with Crippen LogP contribution in [0.1, 0.15) is 17.4 Å². The van der Waals surface area contributed by atoms with Gasteiger partial charge in [-0.25, -0.2) is 4.98 Å². The number of primary amides is 1. The Morgan fingerprint density at radius 1 is 1.21 bits per heavy atom. The average molecular weight is 323 g/mol. The van der Waals surface area contributed by atoms with E-state index < -0.39 is 5.91 Å². The van der Waals surface area contributed by atoms with Crippen molar-refractivity contribution < 1.29 is 14.6 Å². The van der Waals surface area contributed by atoms with E-state index in [9.17, 15) is 4.79 Å². The molecule has 2 heterocycles. The lowest BCUT2D eigenvalue weighted by Crippen LogP contribution is -2.15. The second kappa shape index (κ2) is 6.64. The van der Waals surface area contributed by atoms with E-state index in [1.54, 1.807) is 31.5 Å². The summed E-state index contributed by atoms with van der Waals surface area (Å²) in [6, 6.07) is 10.8. The summed E-state index contributed by atoms with van der Waals surface area (Å²) in [5, 5.41) is 9.86. The fraction of sp³-hybridized carbons (Fsp3) is 0.167. The number of ether oxygens (including phenoxy) is 1. The largest absolute Gasteiger partial charge is 0.488 e. The van der Waals surface area contributed by atoms with Crippen LogP contribution in [0.3, 0.4) is 0 Å². The number of nitrogens with two attached hydrogens (primary N) is 1. The number of fused-ring (bicyclic) bond motifs is 1. The molecule has 0 aliphatic carbocycles. The maximum atomic E-state index is 11.4. The molecule has 0 fully saturated rings. The topological polar surface area (TPSA) is 98.3 Å². The van der Waals surface area contributed by atoms with Crippen LogP contribution in [0.4, 0.5) is 0 Å². The molecule has 1 atom stereocenters. The van der Waals surface area contributed by atoms with Gasteiger partial charge in [-0.1, -0.05) is 12.1 Å². The summed E-state index contributed by atoms with van der Waals surface area (Å²) in [6.45, 7) is 1.74. The molecule has 3 N–H and O–H groups in total. The van der Waals surface area contributed by atoms with Gasteiger partial charge in [0.25, 0.3) is 5.91 Å². The Hall–Kier alpha value is -2.99. The van der Waals surface area contributed by atoms with Gasteiger partial charge in [-0.2, -0.15) is 0 Å². The van der Waals surface area contributed by atoms with Gasteiger partial charge in [0.2, 0.25) is 0 Å². The summed E-state index contributed by atoms with van der Waals surface area (Å²) in [5.74, 6) is 0.0979. The molecule has 0 aliphatic rings. The molecule has 24 heavy (non-hydrogen) atoms. The molecule has 1 aromatic carbocycles. The Morgan fingerprint density at radius 2 is 1.96 bits per heavy atom. The van der Waals surface area contributed by atoms with Crippen molar-refractivity contribution in [2.24, 2.45) is 5.73 Å². The minimum atomic E-state index is -0.568. The Labute approximate surface area is 138 Å². The molecule has 6 heteroatoms. The van der Waals surface area contributed by atoms with Gasteiger partial charge in [0.05, 0.1) is 12.1 Å². The third kappa shape index (κ3) is 3.18. The van der Waals surface area contributed by atoms with Gasteiger partial charge in [-0.3, -0.25) is 9.78 Å². The maximum Gasteiger partial charge on any atom is 0.267 e. The third-order valence-electron chi connectivity index (χ3n) is 3.61. The lowest BCUT2D eigenvalue weighted by molar-refractivity contribution is 0.0996. The van der Waals surface area contributed by atoms with Crippen LogP contribution in [-0.4, -0.2) is 33.7 Å². The molecule has 1 amide bonds. The quantitative estimate of drug-likeness (QED) is 0.749. The van der Waals surface area contributed by atoms with Crippen molar-refractivity contribution in [2.75, 3.05) is 6.61 Å². The molecule has 1 unspecified atom stereocenters. The zero-order chi connectivity index (χ0) is 17.1. The first kappa shape index (κ1) is 15.9. The van der Waals surface area contributed by atoms with Crippen LogP contribution < -0.4 is 10.5 Å². The van der Waals surface area contributed by atoms with Crippen molar-refractivity contribution in [1.29, 1.82) is 0 Å². The molecule has 3 aromatic rings. The summed E-state index contributed by atoms with van der Waals surface area (Å²) in [7, 11) is 0. The third-order valence-corrected chi connectivity index (χ3v) is 3.61. The number of pyridine rings is 2. The number of aliphatic hydroxyl groups excluding tert-OH is 1. The van der Waals surface area contributed by atoms with Gasteiger partial charge >= 0.3 is 0 Å². The summed E-state index contributed by atoms with van der Waals surface area (Å²) in [4.78, 5) is 20.0. The highest BCUT2D eigenvalue weighted by atomic mass is 16.5. The number of hydrogen-bond donors (Lipinski definition) is 2. The molecule has 0 saturated carbocycles. The van der Waals surface area contributed by atoms with Gasteiger partial charge in [0, 0.05) is 23.3 Å². The fourth-order valence-corrected chi connectivity index (χ4v) is 2.37. The summed E-state index contributed by atoms with van der Waals surface area (Å²) < 4.78 is 5.55. The molecule has 0 aliphatic heterocycles. The molecular formula is C18H17N3O3. The highest BCUT2D eigenvalue weighted by Gasteiger charge is 2.10. The second-order valence-electron chi connectivity index (χ2n) is 5.45. The predicted molar refractivity (Wildman–Crippen MR) is 90.7 cm³/mol. The Balaban J connectivity index is 2.02. The van der Waals surface area contributed by atoms with E-state index in [0.717, 1.165) is 16.5 Å². The van der Waals surface area contributed by atoms with E-state index in [-0.39, 0.29) is 18.4 Å². The number of carbonyl (C=O) groups is 1. The van der Waals surface area contributed by atoms with Gasteiger partial charge in [0.15, 0.2) is 0 Å². The lowest BCUT2D eigenvalue weighted by Gasteiger charge is -2.12. The van der Waals surface area contributed by atoms with Gasteiger partial charge < -0.3 is 15.6 Å². The van der Waals surface area contributed by atoms with E-state index in [2.05, 4.69) is 9.97 Å². The van der Waals surface area contributed by atoms with Gasteiger partial charge in [-0.05, 0) is 36.8 Å². The molecule has 6 nitrogen and oxygen atoms in total. The number of hydrogen-bond acceptors (Lipinski definition) is 5. The number of rotatable bonds is 5. The number of aliphatic hydroxyl groups is 1. The SMILES string of the molecule is CC(CO)Oc1ccc(-c2cncc3ccc(C(N)=O)nc23)cc1. The van der Waals surface area contributed by atoms with Crippen molar-refractivity contribution in [3.63, 3.8) is 0 Å². The monoisotopic (exact) mass is 323 g/mol. The fourth-order valence-electron chi connectivity index (χ4n) is 2.37. The van der Waals surface area contributed by atoms with E-state index >= 15 is 0 Å². The minimum Gasteiger partial charge on any atom is -0.488 e. The van der Waals surface area contributed by atoms with Crippen LogP contribution in [0, 0.1) is 0 Å². The molecule has 2 aromatic heterocycles. The molecule has 122 valence electrons. The lowest BCUT2D eigenvalue weighted by atomic mass is 10.0. The molecule has 0 saturated heterocycles. The van der Waals surface area contributed by atoms with E-state index in [1.807, 2.05) is 24.3 Å². The number of aromatic nitrogens is 2. The Kier molecular flexibility index (Phi) is 4.39. The van der Waals surface area contributed by atoms with Crippen molar-refractivity contribution >= 4 is 16.8 Å². The van der Waals surface area contributed by atoms with Gasteiger partial charge in [0.1, 0.15) is 17.5 Å². The zero-order valence-electron chi connectivity index (χ0n) is 13.1. The highest BCUT2D eigenvalue weighted by molar-refractivity contribution is 5.97. The number of nitrogens with zero attached hydrogens (tertiary/aromatic N) is 2. The first-order valence-electron chi connectivity index (χ1n) is 7.51. The molecule has 0 spiro atoms. The van der Waals surface area contributed by atoms with Crippen LogP contribution in [0.5, 0.6) is 5.75 Å². The van der Waals surface area contributed by atoms with E-state index in [4.69, 9.17) is 15.6 Å². The Bertz CT molecular complexity index is 878. The minimum absolute atomic E-state index is 0.0468. The second-order valence-corrected chi connectivity index (χ2v) is 5.45. The molecular weight excluding hydrogens is 306 g/mol. The predicted octanol–water partition coefficient (Wildman–Crippen LogP) is 2.16.